The highest BCUT2D eigenvalue weighted by Crippen LogP contribution is 2.76. The number of halogens is 3. The fourth-order valence-corrected chi connectivity index (χ4v) is 8.52. The van der Waals surface area contributed by atoms with Crippen LogP contribution in [-0.4, -0.2) is 56.0 Å². The maximum atomic E-state index is 13.8. The molecule has 0 spiro atoms. The highest BCUT2D eigenvalue weighted by atomic mass is 19.4. The Hall–Kier alpha value is -3.37. The minimum atomic E-state index is -4.66. The zero-order valence-electron chi connectivity index (χ0n) is 22.3. The Morgan fingerprint density at radius 2 is 1.85 bits per heavy atom. The molecule has 2 aromatic rings. The van der Waals surface area contributed by atoms with Crippen molar-refractivity contribution in [2.24, 2.45) is 11.3 Å². The molecule has 2 amide bonds. The van der Waals surface area contributed by atoms with E-state index in [-0.39, 0.29) is 29.2 Å². The topological polar surface area (TPSA) is 97.4 Å². The minimum absolute atomic E-state index is 0.0548. The Kier molecular flexibility index (Phi) is 5.48. The third kappa shape index (κ3) is 3.58. The van der Waals surface area contributed by atoms with Crippen molar-refractivity contribution in [3.8, 4) is 0 Å². The molecule has 6 aliphatic rings. The van der Waals surface area contributed by atoms with E-state index >= 15 is 0 Å². The van der Waals surface area contributed by atoms with Gasteiger partial charge in [-0.05, 0) is 55.6 Å². The first kappa shape index (κ1) is 25.6. The van der Waals surface area contributed by atoms with Crippen LogP contribution in [-0.2, 0) is 29.4 Å². The number of nitrogen functional groups attached to an aromatic ring is 1. The number of nitrogens with zero attached hydrogens (tertiary/aromatic N) is 5. The first-order chi connectivity index (χ1) is 19.1. The summed E-state index contributed by atoms with van der Waals surface area (Å²) < 4.78 is 41.8. The second-order valence-corrected chi connectivity index (χ2v) is 12.5. The summed E-state index contributed by atoms with van der Waals surface area (Å²) in [5.74, 6) is 0.110. The van der Waals surface area contributed by atoms with Crippen LogP contribution in [0, 0.1) is 11.3 Å². The zero-order valence-corrected chi connectivity index (χ0v) is 22.3. The number of alkyl halides is 3. The number of carbonyl (C=O) groups excluding carboxylic acids is 2. The van der Waals surface area contributed by atoms with Gasteiger partial charge in [-0.15, -0.1) is 0 Å². The van der Waals surface area contributed by atoms with Crippen LogP contribution in [0.5, 0.6) is 0 Å². The molecule has 0 unspecified atom stereocenters. The van der Waals surface area contributed by atoms with Gasteiger partial charge in [0.15, 0.2) is 0 Å². The van der Waals surface area contributed by atoms with Gasteiger partial charge in [0.05, 0.1) is 22.8 Å². The molecule has 2 bridgehead atoms. The third-order valence-corrected chi connectivity index (χ3v) is 10.3. The molecule has 0 aromatic carbocycles. The number of carbonyl (C=O) groups is 2. The van der Waals surface area contributed by atoms with Crippen LogP contribution in [0.3, 0.4) is 0 Å². The molecule has 4 heterocycles. The first-order valence-electron chi connectivity index (χ1n) is 14.2. The van der Waals surface area contributed by atoms with Crippen LogP contribution < -0.4 is 5.73 Å². The molecule has 11 heteroatoms. The van der Waals surface area contributed by atoms with E-state index in [0.717, 1.165) is 29.1 Å². The molecule has 4 fully saturated rings. The predicted octanol–water partition coefficient (Wildman–Crippen LogP) is 4.26. The molecule has 4 saturated carbocycles. The maximum absolute atomic E-state index is 13.8. The predicted molar refractivity (Wildman–Crippen MR) is 140 cm³/mol. The summed E-state index contributed by atoms with van der Waals surface area (Å²) in [7, 11) is 0. The van der Waals surface area contributed by atoms with Gasteiger partial charge in [0.1, 0.15) is 5.69 Å². The van der Waals surface area contributed by atoms with E-state index in [4.69, 9.17) is 10.8 Å². The third-order valence-electron chi connectivity index (χ3n) is 10.3. The lowest BCUT2D eigenvalue weighted by molar-refractivity contribution is -0.225. The standard InChI is InChI=1S/C29H33F3N6O2/c1-2-24(39)36-9-7-20-25-21(38(35-20)28-14-27(15-28,16-28)17-5-3-4-6-17)8-10-37(22(25)13-36)26(40)18-12-34-23(11-19(18)33)29(30,31)32/h2,11-12,17,22H,1,3-10,13-16H2,(H2,33,34)/t22-,27?,28?/m0/s1. The molecule has 212 valence electrons. The molecular formula is C29H33F3N6O2. The fraction of sp³-hybridized carbons (Fsp3) is 0.586. The number of nitrogens with two attached hydrogens (primary N) is 1. The average molecular weight is 555 g/mol. The average Bonchev–Trinajstić information content (AvgIpc) is 3.48. The van der Waals surface area contributed by atoms with Gasteiger partial charge in [-0.3, -0.25) is 19.3 Å². The number of hydrogen-bond acceptors (Lipinski definition) is 5. The molecular weight excluding hydrogens is 521 g/mol. The van der Waals surface area contributed by atoms with Gasteiger partial charge >= 0.3 is 6.18 Å². The van der Waals surface area contributed by atoms with Crippen molar-refractivity contribution in [2.75, 3.05) is 25.4 Å². The van der Waals surface area contributed by atoms with E-state index in [1.54, 1.807) is 9.80 Å². The van der Waals surface area contributed by atoms with Crippen molar-refractivity contribution >= 4 is 17.5 Å². The van der Waals surface area contributed by atoms with Crippen LogP contribution in [0.4, 0.5) is 18.9 Å². The molecule has 2 N–H and O–H groups in total. The minimum Gasteiger partial charge on any atom is -0.398 e. The van der Waals surface area contributed by atoms with Crippen molar-refractivity contribution in [2.45, 2.75) is 75.5 Å². The van der Waals surface area contributed by atoms with E-state index in [1.807, 2.05) is 0 Å². The van der Waals surface area contributed by atoms with Crippen molar-refractivity contribution in [3.05, 3.63) is 53.1 Å². The molecule has 40 heavy (non-hydrogen) atoms. The number of rotatable bonds is 4. The van der Waals surface area contributed by atoms with Gasteiger partial charge in [-0.1, -0.05) is 19.4 Å². The van der Waals surface area contributed by atoms with E-state index in [9.17, 15) is 22.8 Å². The summed E-state index contributed by atoms with van der Waals surface area (Å²) in [5, 5.41) is 5.16. The largest absolute Gasteiger partial charge is 0.433 e. The van der Waals surface area contributed by atoms with Crippen molar-refractivity contribution in [1.29, 1.82) is 0 Å². The molecule has 0 radical (unpaired) electrons. The molecule has 8 rings (SSSR count). The highest BCUT2D eigenvalue weighted by Gasteiger charge is 2.72. The molecule has 1 atom stereocenters. The van der Waals surface area contributed by atoms with Crippen LogP contribution >= 0.6 is 0 Å². The SMILES string of the molecule is C=CC(=O)N1CCc2nn(C34CC(C5CCCC5)(C3)C4)c3c2[C@H](C1)N(C(=O)c1cnc(C(F)(F)F)cc1N)CC3. The van der Waals surface area contributed by atoms with E-state index in [2.05, 4.69) is 16.2 Å². The van der Waals surface area contributed by atoms with Gasteiger partial charge in [0.25, 0.3) is 5.91 Å². The number of amides is 2. The van der Waals surface area contributed by atoms with Crippen molar-refractivity contribution < 1.29 is 22.8 Å². The molecule has 2 aromatic heterocycles. The normalized spacial score (nSPS) is 29.3. The van der Waals surface area contributed by atoms with Gasteiger partial charge in [-0.25, -0.2) is 0 Å². The lowest BCUT2D eigenvalue weighted by Crippen LogP contribution is -2.70. The molecule has 8 nitrogen and oxygen atoms in total. The summed E-state index contributed by atoms with van der Waals surface area (Å²) >= 11 is 0. The second kappa shape index (κ2) is 8.57. The number of anilines is 1. The van der Waals surface area contributed by atoms with E-state index in [0.29, 0.717) is 37.4 Å². The second-order valence-electron chi connectivity index (χ2n) is 12.5. The molecule has 4 aliphatic carbocycles. The summed E-state index contributed by atoms with van der Waals surface area (Å²) in [6.45, 7) is 4.69. The first-order valence-corrected chi connectivity index (χ1v) is 14.2. The van der Waals surface area contributed by atoms with E-state index < -0.39 is 23.8 Å². The Labute approximate surface area is 230 Å². The lowest BCUT2D eigenvalue weighted by atomic mass is 9.35. The number of hydrogen-bond donors (Lipinski definition) is 1. The summed E-state index contributed by atoms with van der Waals surface area (Å²) in [6.07, 6.45) is 7.53. The van der Waals surface area contributed by atoms with Crippen LogP contribution in [0.25, 0.3) is 0 Å². The maximum Gasteiger partial charge on any atom is 0.433 e. The highest BCUT2D eigenvalue weighted by molar-refractivity contribution is 5.99. The Bertz CT molecular complexity index is 1410. The van der Waals surface area contributed by atoms with Gasteiger partial charge in [0.2, 0.25) is 5.91 Å². The van der Waals surface area contributed by atoms with Gasteiger partial charge in [0, 0.05) is 55.6 Å². The van der Waals surface area contributed by atoms with Gasteiger partial charge < -0.3 is 15.5 Å². The van der Waals surface area contributed by atoms with E-state index in [1.165, 1.54) is 51.0 Å². The zero-order chi connectivity index (χ0) is 28.0. The molecule has 0 saturated heterocycles. The quantitative estimate of drug-likeness (QED) is 0.570. The summed E-state index contributed by atoms with van der Waals surface area (Å²) in [5.41, 5.74) is 8.01. The van der Waals surface area contributed by atoms with Crippen LogP contribution in [0.15, 0.2) is 24.9 Å². The van der Waals surface area contributed by atoms with Crippen LogP contribution in [0.1, 0.15) is 84.0 Å². The Morgan fingerprint density at radius 3 is 2.50 bits per heavy atom. The number of pyridine rings is 1. The lowest BCUT2D eigenvalue weighted by Gasteiger charge is -2.73. The molecule has 2 aliphatic heterocycles. The number of aromatic nitrogens is 3. The van der Waals surface area contributed by atoms with Crippen LogP contribution in [0.2, 0.25) is 0 Å². The monoisotopic (exact) mass is 554 g/mol. The Balaban J connectivity index is 1.23. The summed E-state index contributed by atoms with van der Waals surface area (Å²) in [4.78, 5) is 33.3. The smallest absolute Gasteiger partial charge is 0.398 e. The Morgan fingerprint density at radius 1 is 1.12 bits per heavy atom. The van der Waals surface area contributed by atoms with Crippen molar-refractivity contribution in [3.63, 3.8) is 0 Å². The summed E-state index contributed by atoms with van der Waals surface area (Å²) in [6, 6.07) is 0.222. The fourth-order valence-electron chi connectivity index (χ4n) is 8.52. The van der Waals surface area contributed by atoms with Crippen molar-refractivity contribution in [1.82, 2.24) is 24.6 Å². The van der Waals surface area contributed by atoms with Gasteiger partial charge in [-0.2, -0.15) is 18.3 Å².